The van der Waals surface area contributed by atoms with Crippen molar-refractivity contribution in [1.29, 1.82) is 0 Å². The number of nitrogens with one attached hydrogen (secondary N) is 2. The SMILES string of the molecule is CC/C(=C\C=C(/N)N(C)C)c1nc2n(c1NCC(=O)N1CCN(c3c(Cl)cncc3Cl)CC1)C=CNC2. The summed E-state index contributed by atoms with van der Waals surface area (Å²) in [6.07, 6.45) is 11.6. The average Bonchev–Trinajstić information content (AvgIpc) is 3.26. The number of halogens is 2. The molecule has 37 heavy (non-hydrogen) atoms. The first kappa shape index (κ1) is 26.7. The van der Waals surface area contributed by atoms with Gasteiger partial charge in [-0.1, -0.05) is 36.2 Å². The lowest BCUT2D eigenvalue weighted by atomic mass is 10.1. The van der Waals surface area contributed by atoms with Crippen LogP contribution < -0.4 is 21.3 Å². The van der Waals surface area contributed by atoms with Gasteiger partial charge in [0.05, 0.1) is 34.6 Å². The van der Waals surface area contributed by atoms with Crippen LogP contribution in [0.1, 0.15) is 24.9 Å². The molecule has 0 spiro atoms. The van der Waals surface area contributed by atoms with Crippen LogP contribution in [0.2, 0.25) is 10.0 Å². The number of hydrogen-bond donors (Lipinski definition) is 3. The van der Waals surface area contributed by atoms with E-state index in [4.69, 9.17) is 33.9 Å². The Morgan fingerprint density at radius 1 is 1.19 bits per heavy atom. The standard InChI is InChI=1S/C25H33Cl2N9O/c1-4-17(5-6-20(28)33(2)3)23-25(36-8-7-29-15-21(36)32-23)31-16-22(37)34-9-11-35(12-10-34)24-18(26)13-30-14-19(24)27/h5-8,13-14,29,31H,4,9-12,15-16,28H2,1-3H3/b17-5+,20-6+. The first-order valence-electron chi connectivity index (χ1n) is 12.2. The van der Waals surface area contributed by atoms with E-state index >= 15 is 0 Å². The van der Waals surface area contributed by atoms with Crippen molar-refractivity contribution in [3.8, 4) is 0 Å². The number of nitrogens with zero attached hydrogens (tertiary/aromatic N) is 6. The molecule has 2 aliphatic rings. The number of nitrogens with two attached hydrogens (primary N) is 1. The van der Waals surface area contributed by atoms with Crippen molar-refractivity contribution in [2.24, 2.45) is 5.73 Å². The van der Waals surface area contributed by atoms with E-state index in [1.54, 1.807) is 12.4 Å². The largest absolute Gasteiger partial charge is 0.385 e. The second-order valence-electron chi connectivity index (χ2n) is 9.00. The molecule has 0 saturated carbocycles. The van der Waals surface area contributed by atoms with Crippen LogP contribution in [0.15, 0.2) is 36.6 Å². The number of pyridine rings is 1. The van der Waals surface area contributed by atoms with E-state index < -0.39 is 0 Å². The van der Waals surface area contributed by atoms with Crippen molar-refractivity contribution >= 4 is 52.4 Å². The summed E-state index contributed by atoms with van der Waals surface area (Å²) in [5, 5.41) is 7.58. The van der Waals surface area contributed by atoms with Gasteiger partial charge in [0.15, 0.2) is 0 Å². The summed E-state index contributed by atoms with van der Waals surface area (Å²) in [7, 11) is 3.80. The van der Waals surface area contributed by atoms with Crippen molar-refractivity contribution in [2.45, 2.75) is 19.9 Å². The van der Waals surface area contributed by atoms with Gasteiger partial charge in [0.25, 0.3) is 0 Å². The first-order chi connectivity index (χ1) is 17.8. The lowest BCUT2D eigenvalue weighted by Crippen LogP contribution is -2.50. The highest BCUT2D eigenvalue weighted by Gasteiger charge is 2.25. The first-order valence-corrected chi connectivity index (χ1v) is 13.0. The number of amides is 1. The molecule has 0 aromatic carbocycles. The molecule has 0 bridgehead atoms. The number of carbonyl (C=O) groups excluding carboxylic acids is 1. The maximum Gasteiger partial charge on any atom is 0.242 e. The number of anilines is 2. The van der Waals surface area contributed by atoms with E-state index in [-0.39, 0.29) is 12.5 Å². The maximum atomic E-state index is 13.2. The predicted octanol–water partition coefficient (Wildman–Crippen LogP) is 3.03. The fourth-order valence-electron chi connectivity index (χ4n) is 4.29. The van der Waals surface area contributed by atoms with Crippen molar-refractivity contribution in [1.82, 2.24) is 29.7 Å². The Labute approximate surface area is 227 Å². The highest BCUT2D eigenvalue weighted by Crippen LogP contribution is 2.33. The highest BCUT2D eigenvalue weighted by molar-refractivity contribution is 6.38. The van der Waals surface area contributed by atoms with Gasteiger partial charge in [0.2, 0.25) is 5.91 Å². The molecule has 12 heteroatoms. The molecule has 0 radical (unpaired) electrons. The molecule has 10 nitrogen and oxygen atoms in total. The number of piperazine rings is 1. The van der Waals surface area contributed by atoms with Gasteiger partial charge in [-0.25, -0.2) is 4.98 Å². The lowest BCUT2D eigenvalue weighted by Gasteiger charge is -2.36. The van der Waals surface area contributed by atoms with Crippen molar-refractivity contribution < 1.29 is 4.79 Å². The molecule has 4 N–H and O–H groups in total. The average molecular weight is 547 g/mol. The Hall–Kier alpha value is -3.37. The van der Waals surface area contributed by atoms with E-state index in [9.17, 15) is 4.79 Å². The van der Waals surface area contributed by atoms with Crippen LogP contribution in [-0.2, 0) is 11.3 Å². The van der Waals surface area contributed by atoms with E-state index in [0.29, 0.717) is 48.6 Å². The highest BCUT2D eigenvalue weighted by atomic mass is 35.5. The van der Waals surface area contributed by atoms with E-state index in [1.165, 1.54) is 0 Å². The zero-order chi connectivity index (χ0) is 26.5. The Kier molecular flexibility index (Phi) is 8.50. The van der Waals surface area contributed by atoms with Crippen LogP contribution in [0.25, 0.3) is 11.8 Å². The molecule has 0 aliphatic carbocycles. The third-order valence-electron chi connectivity index (χ3n) is 6.43. The van der Waals surface area contributed by atoms with E-state index in [2.05, 4.69) is 27.4 Å². The minimum atomic E-state index is 0.0183. The molecule has 4 heterocycles. The summed E-state index contributed by atoms with van der Waals surface area (Å²) in [5.74, 6) is 2.33. The quantitative estimate of drug-likeness (QED) is 0.434. The number of rotatable bonds is 8. The fraction of sp³-hybridized carbons (Fsp3) is 0.400. The number of imidazole rings is 1. The minimum Gasteiger partial charge on any atom is -0.385 e. The van der Waals surface area contributed by atoms with Crippen LogP contribution in [0.3, 0.4) is 0 Å². The second-order valence-corrected chi connectivity index (χ2v) is 9.81. The Bertz CT molecular complexity index is 1210. The second kappa shape index (κ2) is 11.8. The van der Waals surface area contributed by atoms with Gasteiger partial charge in [-0.15, -0.1) is 0 Å². The Morgan fingerprint density at radius 2 is 1.89 bits per heavy atom. The molecular weight excluding hydrogens is 513 g/mol. The summed E-state index contributed by atoms with van der Waals surface area (Å²) in [4.78, 5) is 27.8. The number of aromatic nitrogens is 3. The topological polar surface area (TPSA) is 108 Å². The lowest BCUT2D eigenvalue weighted by molar-refractivity contribution is -0.129. The number of fused-ring (bicyclic) bond motifs is 1. The Balaban J connectivity index is 1.47. The molecule has 198 valence electrons. The van der Waals surface area contributed by atoms with Crippen molar-refractivity contribution in [3.63, 3.8) is 0 Å². The molecule has 1 fully saturated rings. The van der Waals surface area contributed by atoms with Crippen LogP contribution in [0, 0.1) is 0 Å². The summed E-state index contributed by atoms with van der Waals surface area (Å²) in [5.41, 5.74) is 8.69. The number of hydrogen-bond acceptors (Lipinski definition) is 8. The molecule has 2 aromatic rings. The molecule has 1 amide bonds. The van der Waals surface area contributed by atoms with Crippen molar-refractivity contribution in [2.75, 3.05) is 57.0 Å². The van der Waals surface area contributed by atoms with Crippen molar-refractivity contribution in [3.05, 3.63) is 58.1 Å². The number of carbonyl (C=O) groups is 1. The van der Waals surface area contributed by atoms with Gasteiger partial charge in [-0.2, -0.15) is 0 Å². The predicted molar refractivity (Wildman–Crippen MR) is 150 cm³/mol. The summed E-state index contributed by atoms with van der Waals surface area (Å²) in [6, 6.07) is 0. The molecular formula is C25H33Cl2N9O. The van der Waals surface area contributed by atoms with Gasteiger partial charge in [-0.05, 0) is 18.1 Å². The van der Waals surface area contributed by atoms with Gasteiger partial charge >= 0.3 is 0 Å². The molecule has 1 saturated heterocycles. The van der Waals surface area contributed by atoms with Crippen LogP contribution in [0.4, 0.5) is 11.5 Å². The number of allylic oxidation sites excluding steroid dienone is 3. The van der Waals surface area contributed by atoms with Crippen LogP contribution >= 0.6 is 23.2 Å². The maximum absolute atomic E-state index is 13.2. The normalized spacial score (nSPS) is 15.9. The van der Waals surface area contributed by atoms with Crippen LogP contribution in [-0.4, -0.2) is 77.1 Å². The summed E-state index contributed by atoms with van der Waals surface area (Å²) in [6.45, 7) is 5.26. The third kappa shape index (κ3) is 5.97. The monoisotopic (exact) mass is 545 g/mol. The molecule has 2 aliphatic heterocycles. The van der Waals surface area contributed by atoms with Gasteiger partial charge < -0.3 is 31.1 Å². The smallest absolute Gasteiger partial charge is 0.242 e. The van der Waals surface area contributed by atoms with Gasteiger partial charge in [-0.3, -0.25) is 14.3 Å². The fourth-order valence-corrected chi connectivity index (χ4v) is 4.89. The summed E-state index contributed by atoms with van der Waals surface area (Å²) >= 11 is 12.6. The van der Waals surface area contributed by atoms with Gasteiger partial charge in [0.1, 0.15) is 17.3 Å². The zero-order valence-electron chi connectivity index (χ0n) is 21.3. The zero-order valence-corrected chi connectivity index (χ0v) is 22.9. The minimum absolute atomic E-state index is 0.0183. The molecule has 0 unspecified atom stereocenters. The van der Waals surface area contributed by atoms with E-state index in [1.807, 2.05) is 53.0 Å². The summed E-state index contributed by atoms with van der Waals surface area (Å²) < 4.78 is 1.99. The van der Waals surface area contributed by atoms with E-state index in [0.717, 1.165) is 35.0 Å². The van der Waals surface area contributed by atoms with Gasteiger partial charge in [0, 0.05) is 65.1 Å². The third-order valence-corrected chi connectivity index (χ3v) is 6.98. The van der Waals surface area contributed by atoms with Crippen LogP contribution in [0.5, 0.6) is 0 Å². The Morgan fingerprint density at radius 3 is 2.54 bits per heavy atom. The molecule has 4 rings (SSSR count). The molecule has 2 aromatic heterocycles. The molecule has 0 atom stereocenters.